The van der Waals surface area contributed by atoms with Gasteiger partial charge in [-0.3, -0.25) is 0 Å². The topological polar surface area (TPSA) is 63.8 Å². The van der Waals surface area contributed by atoms with E-state index in [1.54, 1.807) is 0 Å². The van der Waals surface area contributed by atoms with Gasteiger partial charge in [0.15, 0.2) is 0 Å². The molecule has 65 heavy (non-hydrogen) atoms. The Morgan fingerprint density at radius 1 is 0.723 bits per heavy atom. The molecule has 0 radical (unpaired) electrons. The summed E-state index contributed by atoms with van der Waals surface area (Å²) in [5.74, 6) is 2.28. The van der Waals surface area contributed by atoms with Gasteiger partial charge in [-0.1, -0.05) is 58.0 Å². The van der Waals surface area contributed by atoms with Gasteiger partial charge in [0.1, 0.15) is 0 Å². The first-order chi connectivity index (χ1) is 31.0. The predicted octanol–water partition coefficient (Wildman–Crippen LogP) is 12.4. The van der Waals surface area contributed by atoms with Crippen molar-refractivity contribution in [3.63, 3.8) is 0 Å². The molecule has 4 heterocycles. The molecule has 7 heteroatoms. The van der Waals surface area contributed by atoms with Gasteiger partial charge in [-0.25, -0.2) is 0 Å². The van der Waals surface area contributed by atoms with Crippen molar-refractivity contribution in [3.05, 3.63) is 142 Å². The average Bonchev–Trinajstić information content (AvgIpc) is 3.85. The number of nitrogens with zero attached hydrogens (tertiary/aromatic N) is 4. The van der Waals surface area contributed by atoms with Crippen molar-refractivity contribution in [1.29, 1.82) is 0 Å². The van der Waals surface area contributed by atoms with Crippen LogP contribution in [0.4, 0.5) is 0 Å². The van der Waals surface area contributed by atoms with E-state index in [0.717, 1.165) is 73.7 Å². The number of benzene rings is 6. The maximum atomic E-state index is 11.9. The standard InChI is InChI=1S/C58H59BN4OSe/c1-31(2)24-37-20-21-44-49(27-37)65-56-50(44)36(9)61-62-52(56)39-28-38(29-40(30-39)58(10,11)12)43-22-23-47-54-53(43)60-57(45-26-34(7)25-35(8)55(45)64)63(54)48-19-14-13-18-46(48)59(47)51-41(32(3)4)16-15-17-42(51)33(5)6/h13-23,25-33,64H,24H2,1-12H3. The van der Waals surface area contributed by atoms with Crippen molar-refractivity contribution in [3.8, 4) is 45.2 Å². The van der Waals surface area contributed by atoms with Crippen LogP contribution >= 0.6 is 0 Å². The van der Waals surface area contributed by atoms with Crippen molar-refractivity contribution in [2.45, 2.75) is 107 Å². The summed E-state index contributed by atoms with van der Waals surface area (Å²) in [5.41, 5.74) is 20.1. The SMILES string of the molecule is Cc1cc(C)c(O)c(-c2nc3c(-c4cc(-c5nnc(C)c6c5[se]c5cc(CC(C)C)ccc56)cc(C(C)(C)C)c4)ccc4c3n2-c2ccccc2B4c2c(C(C)C)cccc2C(C)C)c1. The molecule has 1 N–H and O–H groups in total. The van der Waals surface area contributed by atoms with E-state index >= 15 is 0 Å². The van der Waals surface area contributed by atoms with Gasteiger partial charge in [0.2, 0.25) is 0 Å². The molecular formula is C58H59BN4OSe. The molecule has 10 rings (SSSR count). The summed E-state index contributed by atoms with van der Waals surface area (Å²) in [6.07, 6.45) is 1.07. The van der Waals surface area contributed by atoms with Gasteiger partial charge in [-0.2, -0.15) is 0 Å². The average molecular weight is 918 g/mol. The summed E-state index contributed by atoms with van der Waals surface area (Å²) in [6, 6.07) is 38.7. The predicted molar refractivity (Wildman–Crippen MR) is 277 cm³/mol. The fourth-order valence-corrected chi connectivity index (χ4v) is 13.4. The molecule has 9 aromatic rings. The number of imidazole rings is 1. The molecule has 0 atom stereocenters. The van der Waals surface area contributed by atoms with E-state index in [2.05, 4.69) is 178 Å². The molecule has 0 aliphatic carbocycles. The quantitative estimate of drug-likeness (QED) is 0.154. The number of fused-ring (bicyclic) bond motifs is 5. The Morgan fingerprint density at radius 3 is 2.15 bits per heavy atom. The van der Waals surface area contributed by atoms with Crippen LogP contribution < -0.4 is 16.4 Å². The van der Waals surface area contributed by atoms with Crippen LogP contribution in [0.3, 0.4) is 0 Å². The fourth-order valence-electron chi connectivity index (χ4n) is 10.6. The maximum absolute atomic E-state index is 11.9. The number of phenols is 1. The summed E-state index contributed by atoms with van der Waals surface area (Å²) in [7, 11) is 0. The number of aromatic nitrogens is 4. The van der Waals surface area contributed by atoms with Crippen LogP contribution in [-0.2, 0) is 11.8 Å². The molecule has 1 aliphatic rings. The van der Waals surface area contributed by atoms with Crippen molar-refractivity contribution in [2.75, 3.05) is 0 Å². The first-order valence-electron chi connectivity index (χ1n) is 23.4. The molecule has 0 spiro atoms. The van der Waals surface area contributed by atoms with Gasteiger partial charge in [0, 0.05) is 0 Å². The summed E-state index contributed by atoms with van der Waals surface area (Å²) in [4.78, 5) is 5.71. The zero-order chi connectivity index (χ0) is 45.8. The van der Waals surface area contributed by atoms with E-state index < -0.39 is 0 Å². The number of hydrogen-bond donors (Lipinski definition) is 1. The van der Waals surface area contributed by atoms with Crippen molar-refractivity contribution in [2.24, 2.45) is 5.92 Å². The van der Waals surface area contributed by atoms with Crippen LogP contribution in [0, 0.1) is 26.7 Å². The Balaban J connectivity index is 1.29. The monoisotopic (exact) mass is 918 g/mol. The first-order valence-corrected chi connectivity index (χ1v) is 25.1. The Hall–Kier alpha value is -5.75. The van der Waals surface area contributed by atoms with E-state index in [0.29, 0.717) is 17.8 Å². The molecule has 0 bridgehead atoms. The Morgan fingerprint density at radius 2 is 1.45 bits per heavy atom. The second kappa shape index (κ2) is 16.0. The zero-order valence-corrected chi connectivity index (χ0v) is 41.7. The molecule has 5 nitrogen and oxygen atoms in total. The van der Waals surface area contributed by atoms with E-state index in [-0.39, 0.29) is 32.4 Å². The zero-order valence-electron chi connectivity index (χ0n) is 40.0. The third-order valence-corrected chi connectivity index (χ3v) is 16.1. The van der Waals surface area contributed by atoms with E-state index in [1.165, 1.54) is 57.9 Å². The van der Waals surface area contributed by atoms with Crippen LogP contribution in [0.25, 0.3) is 69.8 Å². The number of phenolic OH excluding ortho intramolecular Hbond substituents is 1. The molecule has 0 fully saturated rings. The molecule has 1 aliphatic heterocycles. The molecule has 326 valence electrons. The Bertz CT molecular complexity index is 3360. The third kappa shape index (κ3) is 7.18. The number of para-hydroxylation sites is 1. The molecule has 6 aromatic carbocycles. The third-order valence-electron chi connectivity index (χ3n) is 13.7. The molecular weight excluding hydrogens is 858 g/mol. The fraction of sp³-hybridized carbons (Fsp3) is 0.293. The van der Waals surface area contributed by atoms with Crippen molar-refractivity contribution >= 4 is 67.9 Å². The minimum atomic E-state index is -0.149. The summed E-state index contributed by atoms with van der Waals surface area (Å²) in [6.45, 7) is 26.9. The van der Waals surface area contributed by atoms with E-state index in [4.69, 9.17) is 15.2 Å². The number of rotatable bonds is 8. The van der Waals surface area contributed by atoms with E-state index in [1.807, 2.05) is 13.0 Å². The second-order valence-corrected chi connectivity index (χ2v) is 22.9. The first kappa shape index (κ1) is 43.2. The molecule has 0 amide bonds. The van der Waals surface area contributed by atoms with Crippen LogP contribution in [-0.4, -0.2) is 46.1 Å². The Labute approximate surface area is 390 Å². The van der Waals surface area contributed by atoms with Gasteiger partial charge in [0.25, 0.3) is 0 Å². The number of aromatic hydroxyl groups is 1. The molecule has 0 saturated heterocycles. The van der Waals surface area contributed by atoms with Crippen LogP contribution in [0.2, 0.25) is 0 Å². The van der Waals surface area contributed by atoms with Crippen LogP contribution in [0.15, 0.2) is 103 Å². The molecule has 0 unspecified atom stereocenters. The van der Waals surface area contributed by atoms with Crippen molar-refractivity contribution < 1.29 is 5.11 Å². The summed E-state index contributed by atoms with van der Waals surface area (Å²) in [5, 5.41) is 24.4. The van der Waals surface area contributed by atoms with Gasteiger partial charge in [0.05, 0.1) is 0 Å². The van der Waals surface area contributed by atoms with Crippen molar-refractivity contribution in [1.82, 2.24) is 19.7 Å². The number of aryl methyl sites for hydroxylation is 3. The molecule has 3 aromatic heterocycles. The minimum absolute atomic E-state index is 0.0181. The normalized spacial score (nSPS) is 12.8. The van der Waals surface area contributed by atoms with Gasteiger partial charge in [-0.05, 0) is 25.7 Å². The van der Waals surface area contributed by atoms with Gasteiger partial charge >= 0.3 is 309 Å². The second-order valence-electron chi connectivity index (χ2n) is 20.7. The Kier molecular flexibility index (Phi) is 10.6. The molecule has 0 saturated carbocycles. The summed E-state index contributed by atoms with van der Waals surface area (Å²) >= 11 is 0.0860. The number of hydrogen-bond acceptors (Lipinski definition) is 4. The van der Waals surface area contributed by atoms with Gasteiger partial charge < -0.3 is 0 Å². The van der Waals surface area contributed by atoms with E-state index in [9.17, 15) is 5.11 Å². The van der Waals surface area contributed by atoms with Gasteiger partial charge in [-0.15, -0.1) is 0 Å². The van der Waals surface area contributed by atoms with Crippen LogP contribution in [0.1, 0.15) is 113 Å². The summed E-state index contributed by atoms with van der Waals surface area (Å²) < 4.78 is 5.09. The van der Waals surface area contributed by atoms with Crippen LogP contribution in [0.5, 0.6) is 5.75 Å².